The Morgan fingerprint density at radius 2 is 2.00 bits per heavy atom. The van der Waals surface area contributed by atoms with E-state index < -0.39 is 0 Å². The van der Waals surface area contributed by atoms with E-state index in [-0.39, 0.29) is 12.1 Å². The lowest BCUT2D eigenvalue weighted by atomic mass is 10.2. The SMILES string of the molecule is COC(C)C(C)Nc1ccc(Sc2ncn[nH]2)cc1. The minimum atomic E-state index is 0.170. The van der Waals surface area contributed by atoms with Gasteiger partial charge in [-0.2, -0.15) is 5.10 Å². The summed E-state index contributed by atoms with van der Waals surface area (Å²) in [6, 6.07) is 8.48. The van der Waals surface area contributed by atoms with Gasteiger partial charge in [0, 0.05) is 23.7 Å². The molecule has 0 radical (unpaired) electrons. The molecular weight excluding hydrogens is 260 g/mol. The number of aromatic amines is 1. The van der Waals surface area contributed by atoms with Crippen molar-refractivity contribution in [2.75, 3.05) is 12.4 Å². The molecule has 0 spiro atoms. The van der Waals surface area contributed by atoms with Crippen LogP contribution in [0.1, 0.15) is 13.8 Å². The maximum absolute atomic E-state index is 5.29. The first-order chi connectivity index (χ1) is 9.19. The molecule has 0 bridgehead atoms. The van der Waals surface area contributed by atoms with Crippen molar-refractivity contribution in [3.63, 3.8) is 0 Å². The summed E-state index contributed by atoms with van der Waals surface area (Å²) in [4.78, 5) is 5.20. The quantitative estimate of drug-likeness (QED) is 0.850. The molecule has 2 unspecified atom stereocenters. The molecule has 2 aromatic rings. The number of benzene rings is 1. The highest BCUT2D eigenvalue weighted by molar-refractivity contribution is 7.99. The number of ether oxygens (including phenoxy) is 1. The van der Waals surface area contributed by atoms with E-state index in [1.165, 1.54) is 6.33 Å². The maximum atomic E-state index is 5.29. The van der Waals surface area contributed by atoms with Crippen LogP contribution in [0.3, 0.4) is 0 Å². The first kappa shape index (κ1) is 13.9. The van der Waals surface area contributed by atoms with Gasteiger partial charge < -0.3 is 10.1 Å². The predicted molar refractivity (Wildman–Crippen MR) is 76.5 cm³/mol. The van der Waals surface area contributed by atoms with Gasteiger partial charge in [-0.25, -0.2) is 4.98 Å². The van der Waals surface area contributed by atoms with Crippen molar-refractivity contribution in [1.29, 1.82) is 0 Å². The van der Waals surface area contributed by atoms with Crippen molar-refractivity contribution in [3.05, 3.63) is 30.6 Å². The zero-order valence-corrected chi connectivity index (χ0v) is 12.1. The molecule has 1 aromatic carbocycles. The number of H-pyrrole nitrogens is 1. The van der Waals surface area contributed by atoms with E-state index in [2.05, 4.69) is 51.7 Å². The number of nitrogens with zero attached hydrogens (tertiary/aromatic N) is 2. The minimum absolute atomic E-state index is 0.170. The molecule has 0 saturated heterocycles. The molecule has 2 atom stereocenters. The second kappa shape index (κ2) is 6.58. The first-order valence-corrected chi connectivity index (χ1v) is 6.93. The Labute approximate surface area is 117 Å². The number of nitrogens with one attached hydrogen (secondary N) is 2. The minimum Gasteiger partial charge on any atom is -0.380 e. The molecule has 1 aromatic heterocycles. The second-order valence-electron chi connectivity index (χ2n) is 4.29. The zero-order valence-electron chi connectivity index (χ0n) is 11.3. The zero-order chi connectivity index (χ0) is 13.7. The summed E-state index contributed by atoms with van der Waals surface area (Å²) < 4.78 is 5.29. The third-order valence-corrected chi connectivity index (χ3v) is 3.83. The van der Waals surface area contributed by atoms with Crippen molar-refractivity contribution >= 4 is 17.4 Å². The topological polar surface area (TPSA) is 62.8 Å². The third kappa shape index (κ3) is 3.97. The molecule has 0 aliphatic carbocycles. The third-order valence-electron chi connectivity index (χ3n) is 2.93. The van der Waals surface area contributed by atoms with Gasteiger partial charge in [0.1, 0.15) is 6.33 Å². The van der Waals surface area contributed by atoms with Crippen molar-refractivity contribution < 1.29 is 4.74 Å². The van der Waals surface area contributed by atoms with Crippen molar-refractivity contribution in [2.24, 2.45) is 0 Å². The van der Waals surface area contributed by atoms with Crippen molar-refractivity contribution in [2.45, 2.75) is 36.0 Å². The highest BCUT2D eigenvalue weighted by Crippen LogP contribution is 2.25. The molecule has 1 heterocycles. The Kier molecular flexibility index (Phi) is 4.81. The van der Waals surface area contributed by atoms with E-state index in [4.69, 9.17) is 4.74 Å². The monoisotopic (exact) mass is 278 g/mol. The van der Waals surface area contributed by atoms with Gasteiger partial charge in [0.15, 0.2) is 5.16 Å². The number of rotatable bonds is 6. The Hall–Kier alpha value is -1.53. The van der Waals surface area contributed by atoms with Crippen LogP contribution in [0.5, 0.6) is 0 Å². The average molecular weight is 278 g/mol. The fourth-order valence-electron chi connectivity index (χ4n) is 1.56. The molecular formula is C13H18N4OS. The van der Waals surface area contributed by atoms with Crippen LogP contribution in [-0.4, -0.2) is 34.4 Å². The first-order valence-electron chi connectivity index (χ1n) is 6.11. The summed E-state index contributed by atoms with van der Waals surface area (Å²) in [5, 5.41) is 10.8. The molecule has 0 amide bonds. The highest BCUT2D eigenvalue weighted by Gasteiger charge is 2.10. The Morgan fingerprint density at radius 3 is 2.58 bits per heavy atom. The van der Waals surface area contributed by atoms with Gasteiger partial charge in [0.25, 0.3) is 0 Å². The van der Waals surface area contributed by atoms with E-state index in [9.17, 15) is 0 Å². The predicted octanol–water partition coefficient (Wildman–Crippen LogP) is 2.79. The van der Waals surface area contributed by atoms with E-state index in [1.807, 2.05) is 6.92 Å². The lowest BCUT2D eigenvalue weighted by Gasteiger charge is -2.21. The van der Waals surface area contributed by atoms with Gasteiger partial charge in [-0.1, -0.05) is 11.8 Å². The summed E-state index contributed by atoms with van der Waals surface area (Å²) in [7, 11) is 1.72. The van der Waals surface area contributed by atoms with Crippen LogP contribution in [0.2, 0.25) is 0 Å². The summed E-state index contributed by atoms with van der Waals surface area (Å²) in [6.07, 6.45) is 1.68. The van der Waals surface area contributed by atoms with E-state index in [0.29, 0.717) is 0 Å². The molecule has 19 heavy (non-hydrogen) atoms. The van der Waals surface area contributed by atoms with Crippen LogP contribution in [0, 0.1) is 0 Å². The average Bonchev–Trinajstić information content (AvgIpc) is 2.93. The summed E-state index contributed by atoms with van der Waals surface area (Å²) in [5.41, 5.74) is 1.08. The summed E-state index contributed by atoms with van der Waals surface area (Å²) >= 11 is 1.55. The molecule has 0 fully saturated rings. The van der Waals surface area contributed by atoms with Crippen molar-refractivity contribution in [3.8, 4) is 0 Å². The fourth-order valence-corrected chi connectivity index (χ4v) is 2.25. The van der Waals surface area contributed by atoms with Gasteiger partial charge in [-0.15, -0.1) is 0 Å². The van der Waals surface area contributed by atoms with Gasteiger partial charge in [0.05, 0.1) is 6.10 Å². The molecule has 2 N–H and O–H groups in total. The lowest BCUT2D eigenvalue weighted by molar-refractivity contribution is 0.106. The second-order valence-corrected chi connectivity index (χ2v) is 5.35. The van der Waals surface area contributed by atoms with Gasteiger partial charge in [-0.05, 0) is 38.1 Å². The molecule has 102 valence electrons. The molecule has 0 aliphatic rings. The summed E-state index contributed by atoms with van der Waals surface area (Å²) in [6.45, 7) is 4.15. The van der Waals surface area contributed by atoms with Crippen molar-refractivity contribution in [1.82, 2.24) is 15.2 Å². The van der Waals surface area contributed by atoms with Crippen LogP contribution in [-0.2, 0) is 4.74 Å². The Morgan fingerprint density at radius 1 is 1.26 bits per heavy atom. The number of hydrogen-bond donors (Lipinski definition) is 2. The molecule has 0 aliphatic heterocycles. The Balaban J connectivity index is 1.94. The van der Waals surface area contributed by atoms with Gasteiger partial charge in [-0.3, -0.25) is 5.10 Å². The van der Waals surface area contributed by atoms with Crippen LogP contribution >= 0.6 is 11.8 Å². The number of anilines is 1. The van der Waals surface area contributed by atoms with Gasteiger partial charge >= 0.3 is 0 Å². The molecule has 2 rings (SSSR count). The molecule has 6 heteroatoms. The standard InChI is InChI=1S/C13H18N4OS/c1-9(10(2)18-3)16-11-4-6-12(7-5-11)19-13-14-8-15-17-13/h4-10,16H,1-3H3,(H,14,15,17). The van der Waals surface area contributed by atoms with Crippen LogP contribution in [0.25, 0.3) is 0 Å². The maximum Gasteiger partial charge on any atom is 0.188 e. The van der Waals surface area contributed by atoms with E-state index >= 15 is 0 Å². The van der Waals surface area contributed by atoms with Crippen LogP contribution in [0.4, 0.5) is 5.69 Å². The van der Waals surface area contributed by atoms with E-state index in [1.54, 1.807) is 18.9 Å². The Bertz CT molecular complexity index is 486. The van der Waals surface area contributed by atoms with E-state index in [0.717, 1.165) is 15.7 Å². The van der Waals surface area contributed by atoms with Crippen LogP contribution in [0.15, 0.2) is 40.6 Å². The van der Waals surface area contributed by atoms with Gasteiger partial charge in [0.2, 0.25) is 0 Å². The fraction of sp³-hybridized carbons (Fsp3) is 0.385. The van der Waals surface area contributed by atoms with Crippen LogP contribution < -0.4 is 5.32 Å². The number of methoxy groups -OCH3 is 1. The lowest BCUT2D eigenvalue weighted by Crippen LogP contribution is -2.29. The highest BCUT2D eigenvalue weighted by atomic mass is 32.2. The molecule has 5 nitrogen and oxygen atoms in total. The largest absolute Gasteiger partial charge is 0.380 e. The smallest absolute Gasteiger partial charge is 0.188 e. The molecule has 0 saturated carbocycles. The number of hydrogen-bond acceptors (Lipinski definition) is 5. The normalized spacial score (nSPS) is 14.1. The number of aromatic nitrogens is 3. The summed E-state index contributed by atoms with van der Waals surface area (Å²) in [5.74, 6) is 0.